The Morgan fingerprint density at radius 3 is 1.29 bits per heavy atom. The van der Waals surface area contributed by atoms with E-state index in [0.29, 0.717) is 0 Å². The summed E-state index contributed by atoms with van der Waals surface area (Å²) in [5.74, 6) is 0. The standard InChI is InChI=1S/C64H47N3S/c1-44-16-12-24-51(38-44)66(61-29-14-22-48-20-6-8-26-57(48)61)55-40-54(41-56(42-55)67(52-25-13-17-45(2)39-52)62-30-15-23-49-21-7-9-27-58(49)62)65(50-34-32-47(33-35-50)46-18-4-3-5-19-46)53-36-37-64-60(43-53)59-28-10-11-31-63(59)68-64/h3-43H,1-2H3. The predicted octanol–water partition coefficient (Wildman–Crippen LogP) is 19.1. The third kappa shape index (κ3) is 7.61. The molecule has 0 saturated carbocycles. The highest BCUT2D eigenvalue weighted by molar-refractivity contribution is 7.25. The van der Waals surface area contributed by atoms with Crippen molar-refractivity contribution in [3.63, 3.8) is 0 Å². The van der Waals surface area contributed by atoms with Gasteiger partial charge in [-0.3, -0.25) is 0 Å². The highest BCUT2D eigenvalue weighted by Gasteiger charge is 2.25. The van der Waals surface area contributed by atoms with E-state index in [9.17, 15) is 0 Å². The highest BCUT2D eigenvalue weighted by atomic mass is 32.1. The Kier molecular flexibility index (Phi) is 10.5. The first-order valence-corrected chi connectivity index (χ1v) is 24.1. The van der Waals surface area contributed by atoms with Crippen molar-refractivity contribution in [2.24, 2.45) is 0 Å². The topological polar surface area (TPSA) is 9.72 Å². The van der Waals surface area contributed by atoms with Crippen molar-refractivity contribution in [2.45, 2.75) is 13.8 Å². The van der Waals surface area contributed by atoms with Gasteiger partial charge in [-0.05, 0) is 138 Å². The molecule has 0 spiro atoms. The number of anilines is 9. The first-order chi connectivity index (χ1) is 33.5. The van der Waals surface area contributed by atoms with E-state index in [4.69, 9.17) is 0 Å². The molecule has 0 aliphatic carbocycles. The molecule has 12 rings (SSSR count). The smallest absolute Gasteiger partial charge is 0.0540 e. The third-order valence-electron chi connectivity index (χ3n) is 13.0. The minimum atomic E-state index is 1.03. The SMILES string of the molecule is Cc1cccc(N(c2cc(N(c3ccc(-c4ccccc4)cc3)c3ccc4sc5ccccc5c4c3)cc(N(c3cccc(C)c3)c3cccc4ccccc34)c2)c2cccc3ccccc23)c1. The molecule has 11 aromatic carbocycles. The van der Waals surface area contributed by atoms with Crippen LogP contribution >= 0.6 is 11.3 Å². The van der Waals surface area contributed by atoms with Gasteiger partial charge < -0.3 is 14.7 Å². The van der Waals surface area contributed by atoms with E-state index in [0.717, 1.165) is 51.2 Å². The summed E-state index contributed by atoms with van der Waals surface area (Å²) in [4.78, 5) is 7.35. The average Bonchev–Trinajstić information content (AvgIpc) is 3.75. The van der Waals surface area contributed by atoms with Gasteiger partial charge in [0, 0.05) is 53.7 Å². The van der Waals surface area contributed by atoms with Gasteiger partial charge in [-0.15, -0.1) is 11.3 Å². The molecule has 324 valence electrons. The second kappa shape index (κ2) is 17.4. The molecule has 3 nitrogen and oxygen atoms in total. The molecule has 1 heterocycles. The van der Waals surface area contributed by atoms with Gasteiger partial charge >= 0.3 is 0 Å². The molecule has 0 radical (unpaired) electrons. The molecule has 0 atom stereocenters. The highest BCUT2D eigenvalue weighted by Crippen LogP contribution is 2.49. The number of hydrogen-bond acceptors (Lipinski definition) is 4. The minimum Gasteiger partial charge on any atom is -0.310 e. The third-order valence-corrected chi connectivity index (χ3v) is 14.2. The minimum absolute atomic E-state index is 1.03. The lowest BCUT2D eigenvalue weighted by Crippen LogP contribution is -2.17. The molecule has 0 unspecified atom stereocenters. The van der Waals surface area contributed by atoms with E-state index < -0.39 is 0 Å². The molecule has 0 fully saturated rings. The fourth-order valence-corrected chi connectivity index (χ4v) is 11.0. The lowest BCUT2D eigenvalue weighted by atomic mass is 10.0. The molecule has 1 aromatic heterocycles. The van der Waals surface area contributed by atoms with Crippen LogP contribution in [0.25, 0.3) is 52.8 Å². The maximum Gasteiger partial charge on any atom is 0.0540 e. The van der Waals surface area contributed by atoms with Gasteiger partial charge in [0.2, 0.25) is 0 Å². The quantitative estimate of drug-likeness (QED) is 0.135. The summed E-state index contributed by atoms with van der Waals surface area (Å²) in [6.07, 6.45) is 0. The fourth-order valence-electron chi connectivity index (χ4n) is 9.90. The summed E-state index contributed by atoms with van der Waals surface area (Å²) in [6.45, 7) is 4.36. The van der Waals surface area contributed by atoms with Gasteiger partial charge in [-0.2, -0.15) is 0 Å². The van der Waals surface area contributed by atoms with Crippen molar-refractivity contribution in [2.75, 3.05) is 14.7 Å². The first-order valence-electron chi connectivity index (χ1n) is 23.2. The Morgan fingerprint density at radius 2 is 0.706 bits per heavy atom. The maximum absolute atomic E-state index is 2.45. The molecular formula is C64H47N3S. The van der Waals surface area contributed by atoms with Gasteiger partial charge in [-0.1, -0.05) is 158 Å². The van der Waals surface area contributed by atoms with E-state index >= 15 is 0 Å². The van der Waals surface area contributed by atoms with Crippen molar-refractivity contribution in [3.05, 3.63) is 260 Å². The number of fused-ring (bicyclic) bond motifs is 5. The van der Waals surface area contributed by atoms with Crippen LogP contribution in [-0.2, 0) is 0 Å². The number of nitrogens with zero attached hydrogens (tertiary/aromatic N) is 3. The van der Waals surface area contributed by atoms with Gasteiger partial charge in [0.15, 0.2) is 0 Å². The number of thiophene rings is 1. The van der Waals surface area contributed by atoms with E-state index in [2.05, 4.69) is 277 Å². The van der Waals surface area contributed by atoms with Crippen LogP contribution in [0.5, 0.6) is 0 Å². The molecule has 4 heteroatoms. The van der Waals surface area contributed by atoms with E-state index in [-0.39, 0.29) is 0 Å². The summed E-state index contributed by atoms with van der Waals surface area (Å²) in [5, 5.41) is 7.25. The maximum atomic E-state index is 2.45. The largest absolute Gasteiger partial charge is 0.310 e. The summed E-state index contributed by atoms with van der Waals surface area (Å²) in [7, 11) is 0. The lowest BCUT2D eigenvalue weighted by Gasteiger charge is -2.34. The predicted molar refractivity (Wildman–Crippen MR) is 293 cm³/mol. The van der Waals surface area contributed by atoms with Crippen molar-refractivity contribution in [3.8, 4) is 11.1 Å². The molecule has 0 aliphatic heterocycles. The molecule has 0 aliphatic rings. The Hall–Kier alpha value is -8.44. The van der Waals surface area contributed by atoms with Crippen LogP contribution in [0, 0.1) is 13.8 Å². The molecular weight excluding hydrogens is 843 g/mol. The van der Waals surface area contributed by atoms with Crippen LogP contribution < -0.4 is 14.7 Å². The first kappa shape index (κ1) is 41.0. The second-order valence-electron chi connectivity index (χ2n) is 17.6. The van der Waals surface area contributed by atoms with E-state index in [1.807, 2.05) is 11.3 Å². The zero-order valence-electron chi connectivity index (χ0n) is 37.9. The summed E-state index contributed by atoms with van der Waals surface area (Å²) in [5.41, 5.74) is 14.4. The van der Waals surface area contributed by atoms with Crippen molar-refractivity contribution < 1.29 is 0 Å². The molecule has 0 N–H and O–H groups in total. The van der Waals surface area contributed by atoms with Gasteiger partial charge in [0.1, 0.15) is 0 Å². The molecule has 68 heavy (non-hydrogen) atoms. The zero-order valence-corrected chi connectivity index (χ0v) is 38.7. The Balaban J connectivity index is 1.18. The van der Waals surface area contributed by atoms with Crippen molar-refractivity contribution in [1.29, 1.82) is 0 Å². The summed E-state index contributed by atoms with van der Waals surface area (Å²) < 4.78 is 2.56. The molecule has 0 amide bonds. The van der Waals surface area contributed by atoms with Crippen molar-refractivity contribution in [1.82, 2.24) is 0 Å². The average molecular weight is 890 g/mol. The van der Waals surface area contributed by atoms with Crippen molar-refractivity contribution >= 4 is 104 Å². The molecule has 0 bridgehead atoms. The Bertz CT molecular complexity index is 3640. The number of benzene rings is 11. The van der Waals surface area contributed by atoms with Crippen LogP contribution in [0.1, 0.15) is 11.1 Å². The fraction of sp³-hybridized carbons (Fsp3) is 0.0312. The van der Waals surface area contributed by atoms with Gasteiger partial charge in [0.05, 0.1) is 28.4 Å². The molecule has 0 saturated heterocycles. The summed E-state index contributed by atoms with van der Waals surface area (Å²) >= 11 is 1.85. The van der Waals surface area contributed by atoms with Gasteiger partial charge in [0.25, 0.3) is 0 Å². The van der Waals surface area contributed by atoms with Crippen LogP contribution in [-0.4, -0.2) is 0 Å². The summed E-state index contributed by atoms with van der Waals surface area (Å²) in [6, 6.07) is 91.1. The molecule has 12 aromatic rings. The number of rotatable bonds is 10. The number of hydrogen-bond donors (Lipinski definition) is 0. The number of aryl methyl sites for hydroxylation is 2. The van der Waals surface area contributed by atoms with Crippen LogP contribution in [0.2, 0.25) is 0 Å². The van der Waals surface area contributed by atoms with Crippen LogP contribution in [0.15, 0.2) is 249 Å². The normalized spacial score (nSPS) is 11.4. The Morgan fingerprint density at radius 1 is 0.265 bits per heavy atom. The van der Waals surface area contributed by atoms with E-state index in [1.165, 1.54) is 64.0 Å². The van der Waals surface area contributed by atoms with Crippen LogP contribution in [0.3, 0.4) is 0 Å². The van der Waals surface area contributed by atoms with E-state index in [1.54, 1.807) is 0 Å². The second-order valence-corrected chi connectivity index (χ2v) is 18.7. The Labute approximate surface area is 401 Å². The monoisotopic (exact) mass is 889 g/mol. The lowest BCUT2D eigenvalue weighted by molar-refractivity contribution is 1.23. The van der Waals surface area contributed by atoms with Gasteiger partial charge in [-0.25, -0.2) is 0 Å². The van der Waals surface area contributed by atoms with Crippen LogP contribution in [0.4, 0.5) is 51.2 Å². The zero-order chi connectivity index (χ0) is 45.6.